The maximum atomic E-state index is 11.0. The van der Waals surface area contributed by atoms with E-state index < -0.39 is 12.0 Å². The number of carboxylic acid groups (broad SMARTS) is 1. The zero-order valence-electron chi connectivity index (χ0n) is 10.1. The number of hydrogen-bond donors (Lipinski definition) is 1. The lowest BCUT2D eigenvalue weighted by atomic mass is 10.1. The smallest absolute Gasteiger partial charge is 0.326 e. The van der Waals surface area contributed by atoms with Crippen molar-refractivity contribution < 1.29 is 14.6 Å². The minimum Gasteiger partial charge on any atom is -0.494 e. The van der Waals surface area contributed by atoms with Crippen LogP contribution in [0.2, 0.25) is 0 Å². The van der Waals surface area contributed by atoms with Crippen LogP contribution in [0.4, 0.5) is 5.69 Å². The molecule has 1 aromatic rings. The normalized spacial score (nSPS) is 15.5. The van der Waals surface area contributed by atoms with Crippen LogP contribution in [0, 0.1) is 0 Å². The highest BCUT2D eigenvalue weighted by Crippen LogP contribution is 2.36. The van der Waals surface area contributed by atoms with Crippen molar-refractivity contribution >= 4 is 11.7 Å². The van der Waals surface area contributed by atoms with Gasteiger partial charge in [-0.2, -0.15) is 0 Å². The van der Waals surface area contributed by atoms with Gasteiger partial charge < -0.3 is 14.7 Å². The third-order valence-electron chi connectivity index (χ3n) is 3.15. The molecule has 4 heteroatoms. The highest BCUT2D eigenvalue weighted by molar-refractivity contribution is 5.79. The minimum atomic E-state index is -0.792. The molecule has 0 radical (unpaired) electrons. The van der Waals surface area contributed by atoms with E-state index in [9.17, 15) is 4.79 Å². The van der Waals surface area contributed by atoms with E-state index >= 15 is 0 Å². The standard InChI is InChI=1S/C13H17NO3/c1-3-17-12-6-4-5-11-10(12)7-8-14(11)9(2)13(15)16/h4-6,9H,3,7-8H2,1-2H3,(H,15,16)/t9-/m0/s1. The van der Waals surface area contributed by atoms with Gasteiger partial charge in [0.1, 0.15) is 11.8 Å². The van der Waals surface area contributed by atoms with E-state index in [4.69, 9.17) is 9.84 Å². The van der Waals surface area contributed by atoms with Crippen LogP contribution in [-0.2, 0) is 11.2 Å². The van der Waals surface area contributed by atoms with Crippen LogP contribution in [0.25, 0.3) is 0 Å². The number of carboxylic acids is 1. The maximum Gasteiger partial charge on any atom is 0.326 e. The number of hydrogen-bond acceptors (Lipinski definition) is 3. The van der Waals surface area contributed by atoms with Gasteiger partial charge in [-0.1, -0.05) is 6.07 Å². The van der Waals surface area contributed by atoms with Gasteiger partial charge in [-0.15, -0.1) is 0 Å². The molecule has 2 rings (SSSR count). The van der Waals surface area contributed by atoms with Crippen LogP contribution >= 0.6 is 0 Å². The molecule has 1 atom stereocenters. The van der Waals surface area contributed by atoms with Crippen LogP contribution in [-0.4, -0.2) is 30.3 Å². The second-order valence-corrected chi connectivity index (χ2v) is 4.14. The molecular weight excluding hydrogens is 218 g/mol. The molecule has 0 bridgehead atoms. The summed E-state index contributed by atoms with van der Waals surface area (Å²) in [5.74, 6) is 0.0877. The molecule has 1 aliphatic heterocycles. The predicted molar refractivity (Wildman–Crippen MR) is 65.8 cm³/mol. The average Bonchev–Trinajstić information content (AvgIpc) is 2.73. The van der Waals surface area contributed by atoms with Crippen molar-refractivity contribution in [2.24, 2.45) is 0 Å². The van der Waals surface area contributed by atoms with Gasteiger partial charge >= 0.3 is 5.97 Å². The second kappa shape index (κ2) is 4.65. The maximum absolute atomic E-state index is 11.0. The van der Waals surface area contributed by atoms with E-state index in [1.165, 1.54) is 0 Å². The van der Waals surface area contributed by atoms with Crippen LogP contribution in [0.15, 0.2) is 18.2 Å². The zero-order chi connectivity index (χ0) is 12.4. The Kier molecular flexibility index (Phi) is 3.22. The van der Waals surface area contributed by atoms with E-state index in [0.29, 0.717) is 6.61 Å². The van der Waals surface area contributed by atoms with Crippen LogP contribution in [0.1, 0.15) is 19.4 Å². The molecule has 17 heavy (non-hydrogen) atoms. The number of rotatable bonds is 4. The number of aliphatic carboxylic acids is 1. The lowest BCUT2D eigenvalue weighted by Crippen LogP contribution is -2.37. The Bertz CT molecular complexity index is 431. The van der Waals surface area contributed by atoms with E-state index in [-0.39, 0.29) is 0 Å². The van der Waals surface area contributed by atoms with Crippen molar-refractivity contribution in [1.29, 1.82) is 0 Å². The summed E-state index contributed by atoms with van der Waals surface area (Å²) in [6, 6.07) is 5.33. The van der Waals surface area contributed by atoms with Gasteiger partial charge in [0.2, 0.25) is 0 Å². The van der Waals surface area contributed by atoms with Crippen molar-refractivity contribution in [3.8, 4) is 5.75 Å². The van der Waals surface area contributed by atoms with Gasteiger partial charge in [-0.3, -0.25) is 0 Å². The molecule has 0 aromatic heterocycles. The lowest BCUT2D eigenvalue weighted by molar-refractivity contribution is -0.138. The minimum absolute atomic E-state index is 0.492. The molecule has 4 nitrogen and oxygen atoms in total. The van der Waals surface area contributed by atoms with E-state index in [2.05, 4.69) is 0 Å². The molecule has 0 saturated carbocycles. The molecule has 0 fully saturated rings. The van der Waals surface area contributed by atoms with E-state index in [1.807, 2.05) is 30.0 Å². The third-order valence-corrected chi connectivity index (χ3v) is 3.15. The largest absolute Gasteiger partial charge is 0.494 e. The Labute approximate surface area is 101 Å². The van der Waals surface area contributed by atoms with Gasteiger partial charge in [-0.05, 0) is 32.4 Å². The molecule has 1 aromatic carbocycles. The van der Waals surface area contributed by atoms with Crippen molar-refractivity contribution in [3.05, 3.63) is 23.8 Å². The summed E-state index contributed by atoms with van der Waals surface area (Å²) in [6.07, 6.45) is 0.850. The molecule has 0 saturated heterocycles. The van der Waals surface area contributed by atoms with Crippen LogP contribution in [0.5, 0.6) is 5.75 Å². The number of fused-ring (bicyclic) bond motifs is 1. The highest BCUT2D eigenvalue weighted by atomic mass is 16.5. The molecule has 1 N–H and O–H groups in total. The monoisotopic (exact) mass is 235 g/mol. The van der Waals surface area contributed by atoms with Crippen molar-refractivity contribution in [2.75, 3.05) is 18.1 Å². The lowest BCUT2D eigenvalue weighted by Gasteiger charge is -2.23. The van der Waals surface area contributed by atoms with Gasteiger partial charge in [0.05, 0.1) is 6.61 Å². The van der Waals surface area contributed by atoms with Crippen molar-refractivity contribution in [1.82, 2.24) is 0 Å². The molecule has 0 aliphatic carbocycles. The highest BCUT2D eigenvalue weighted by Gasteiger charge is 2.29. The Morgan fingerprint density at radius 3 is 3.00 bits per heavy atom. The Morgan fingerprint density at radius 1 is 1.59 bits per heavy atom. The van der Waals surface area contributed by atoms with Crippen LogP contribution < -0.4 is 9.64 Å². The van der Waals surface area contributed by atoms with Gasteiger partial charge in [0, 0.05) is 17.8 Å². The van der Waals surface area contributed by atoms with Crippen molar-refractivity contribution in [3.63, 3.8) is 0 Å². The summed E-state index contributed by atoms with van der Waals surface area (Å²) in [4.78, 5) is 13.0. The Morgan fingerprint density at radius 2 is 2.35 bits per heavy atom. The number of nitrogens with zero attached hydrogens (tertiary/aromatic N) is 1. The fourth-order valence-corrected chi connectivity index (χ4v) is 2.25. The summed E-state index contributed by atoms with van der Waals surface area (Å²) < 4.78 is 5.56. The molecular formula is C13H17NO3. The Hall–Kier alpha value is -1.71. The summed E-state index contributed by atoms with van der Waals surface area (Å²) in [7, 11) is 0. The molecule has 1 aliphatic rings. The summed E-state index contributed by atoms with van der Waals surface area (Å²) in [6.45, 7) is 5.04. The molecule has 0 unspecified atom stereocenters. The first-order valence-electron chi connectivity index (χ1n) is 5.89. The Balaban J connectivity index is 2.32. The van der Waals surface area contributed by atoms with Crippen molar-refractivity contribution in [2.45, 2.75) is 26.3 Å². The average molecular weight is 235 g/mol. The van der Waals surface area contributed by atoms with E-state index in [1.54, 1.807) is 6.92 Å². The second-order valence-electron chi connectivity index (χ2n) is 4.14. The zero-order valence-corrected chi connectivity index (χ0v) is 10.1. The summed E-state index contributed by atoms with van der Waals surface area (Å²) >= 11 is 0. The fraction of sp³-hybridized carbons (Fsp3) is 0.462. The quantitative estimate of drug-likeness (QED) is 0.866. The molecule has 0 spiro atoms. The first-order chi connectivity index (χ1) is 8.15. The number of benzene rings is 1. The summed E-state index contributed by atoms with van der Waals surface area (Å²) in [5, 5.41) is 9.07. The topological polar surface area (TPSA) is 49.8 Å². The molecule has 0 amide bonds. The number of carbonyl (C=O) groups is 1. The first kappa shape index (κ1) is 11.8. The fourth-order valence-electron chi connectivity index (χ4n) is 2.25. The van der Waals surface area contributed by atoms with Crippen LogP contribution in [0.3, 0.4) is 0 Å². The predicted octanol–water partition coefficient (Wildman–Crippen LogP) is 1.92. The summed E-state index contributed by atoms with van der Waals surface area (Å²) in [5.41, 5.74) is 2.12. The van der Waals surface area contributed by atoms with Gasteiger partial charge in [-0.25, -0.2) is 4.79 Å². The van der Waals surface area contributed by atoms with Gasteiger partial charge in [0.25, 0.3) is 0 Å². The molecule has 1 heterocycles. The SMILES string of the molecule is CCOc1cccc2c1CCN2[C@@H](C)C(=O)O. The third kappa shape index (κ3) is 2.07. The number of anilines is 1. The van der Waals surface area contributed by atoms with E-state index in [0.717, 1.165) is 30.0 Å². The first-order valence-corrected chi connectivity index (χ1v) is 5.89. The molecule has 92 valence electrons. The number of ether oxygens (including phenoxy) is 1. The van der Waals surface area contributed by atoms with Gasteiger partial charge in [0.15, 0.2) is 0 Å².